The summed E-state index contributed by atoms with van der Waals surface area (Å²) < 4.78 is 5.38. The molecule has 4 N–H and O–H groups in total. The van der Waals surface area contributed by atoms with E-state index in [4.69, 9.17) is 9.84 Å². The normalized spacial score (nSPS) is 19.3. The van der Waals surface area contributed by atoms with Crippen LogP contribution in [-0.4, -0.2) is 83.6 Å². The number of carbonyl (C=O) groups excluding carboxylic acids is 2. The molecule has 0 radical (unpaired) electrons. The number of para-hydroxylation sites is 1. The van der Waals surface area contributed by atoms with Crippen molar-refractivity contribution in [3.05, 3.63) is 47.4 Å². The standard InChI is InChI=1S/C20H19N5O7S2/c26-13(7-32-11-4-2-1-3-5-11)22-15-17(29)25-16(19(30)31)10(8-33-18(15)25)9-34-20-21-12(23-24-20)6-14(27)28/h1-5,15,18H,6-9H2,(H,22,26)(H,27,28)(H,30,31)(H,21,23,24)/t15?,18-/m0/s1. The van der Waals surface area contributed by atoms with Gasteiger partial charge in [-0.3, -0.25) is 24.4 Å². The molecule has 34 heavy (non-hydrogen) atoms. The first-order valence-electron chi connectivity index (χ1n) is 9.96. The molecule has 3 heterocycles. The number of carboxylic acids is 2. The van der Waals surface area contributed by atoms with Crippen LogP contribution in [0, 0.1) is 0 Å². The lowest BCUT2D eigenvalue weighted by Gasteiger charge is -2.49. The van der Waals surface area contributed by atoms with Gasteiger partial charge in [-0.1, -0.05) is 30.0 Å². The van der Waals surface area contributed by atoms with Gasteiger partial charge in [-0.25, -0.2) is 9.78 Å². The van der Waals surface area contributed by atoms with Crippen molar-refractivity contribution in [2.24, 2.45) is 0 Å². The van der Waals surface area contributed by atoms with Crippen LogP contribution in [0.25, 0.3) is 0 Å². The largest absolute Gasteiger partial charge is 0.484 e. The van der Waals surface area contributed by atoms with E-state index in [-0.39, 0.29) is 35.5 Å². The topological polar surface area (TPSA) is 175 Å². The van der Waals surface area contributed by atoms with Gasteiger partial charge in [0.2, 0.25) is 5.16 Å². The number of fused-ring (bicyclic) bond motifs is 1. The molecule has 14 heteroatoms. The molecule has 1 aromatic carbocycles. The summed E-state index contributed by atoms with van der Waals surface area (Å²) in [5.74, 6) is -2.03. The van der Waals surface area contributed by atoms with Crippen molar-refractivity contribution in [2.75, 3.05) is 18.1 Å². The van der Waals surface area contributed by atoms with E-state index in [9.17, 15) is 24.3 Å². The van der Waals surface area contributed by atoms with E-state index >= 15 is 0 Å². The molecule has 12 nitrogen and oxygen atoms in total. The Morgan fingerprint density at radius 3 is 2.74 bits per heavy atom. The fourth-order valence-electron chi connectivity index (χ4n) is 3.39. The number of aliphatic carboxylic acids is 2. The highest BCUT2D eigenvalue weighted by atomic mass is 32.2. The fraction of sp³-hybridized carbons (Fsp3) is 0.300. The average molecular weight is 506 g/mol. The summed E-state index contributed by atoms with van der Waals surface area (Å²) in [5, 5.41) is 27.4. The Morgan fingerprint density at radius 2 is 2.03 bits per heavy atom. The molecular formula is C20H19N5O7S2. The molecule has 1 aromatic heterocycles. The van der Waals surface area contributed by atoms with E-state index in [2.05, 4.69) is 20.5 Å². The van der Waals surface area contributed by atoms with Gasteiger partial charge in [-0.05, 0) is 17.7 Å². The molecule has 2 amide bonds. The Kier molecular flexibility index (Phi) is 7.07. The number of aromatic nitrogens is 3. The number of hydrogen-bond acceptors (Lipinski definition) is 9. The second kappa shape index (κ2) is 10.2. The van der Waals surface area contributed by atoms with Crippen LogP contribution in [0.4, 0.5) is 0 Å². The van der Waals surface area contributed by atoms with Gasteiger partial charge in [0, 0.05) is 11.5 Å². The van der Waals surface area contributed by atoms with Gasteiger partial charge in [0.15, 0.2) is 6.61 Å². The third kappa shape index (κ3) is 5.17. The number of hydrogen-bond donors (Lipinski definition) is 4. The predicted octanol–water partition coefficient (Wildman–Crippen LogP) is 0.342. The number of aromatic amines is 1. The lowest BCUT2D eigenvalue weighted by Crippen LogP contribution is -2.70. The number of carboxylic acid groups (broad SMARTS) is 2. The SMILES string of the molecule is O=C(O)Cc1nc(SCC2=C(C(=O)O)N3C(=O)C(NC(=O)COc4ccccc4)[C@@H]3SC2)n[nH]1. The average Bonchev–Trinajstić information content (AvgIpc) is 3.26. The highest BCUT2D eigenvalue weighted by Gasteiger charge is 2.54. The van der Waals surface area contributed by atoms with E-state index < -0.39 is 35.2 Å². The minimum absolute atomic E-state index is 0.117. The third-order valence-electron chi connectivity index (χ3n) is 4.88. The molecule has 4 rings (SSSR count). The first kappa shape index (κ1) is 23.6. The molecule has 0 bridgehead atoms. The van der Waals surface area contributed by atoms with Crippen LogP contribution in [-0.2, 0) is 25.6 Å². The number of H-pyrrole nitrogens is 1. The minimum atomic E-state index is -1.24. The molecule has 2 aliphatic rings. The number of nitrogens with one attached hydrogen (secondary N) is 2. The second-order valence-corrected chi connectivity index (χ2v) is 9.29. The third-order valence-corrected chi connectivity index (χ3v) is 7.16. The van der Waals surface area contributed by atoms with Crippen molar-refractivity contribution < 1.29 is 34.1 Å². The molecule has 178 valence electrons. The van der Waals surface area contributed by atoms with E-state index in [0.717, 1.165) is 11.8 Å². The van der Waals surface area contributed by atoms with Crippen molar-refractivity contribution in [3.8, 4) is 5.75 Å². The first-order valence-corrected chi connectivity index (χ1v) is 12.0. The van der Waals surface area contributed by atoms with Gasteiger partial charge < -0.3 is 20.3 Å². The molecule has 0 saturated carbocycles. The zero-order valence-electron chi connectivity index (χ0n) is 17.5. The molecule has 2 aliphatic heterocycles. The Bertz CT molecular complexity index is 1150. The van der Waals surface area contributed by atoms with Gasteiger partial charge in [0.1, 0.15) is 35.1 Å². The maximum Gasteiger partial charge on any atom is 0.352 e. The molecule has 1 fully saturated rings. The summed E-state index contributed by atoms with van der Waals surface area (Å²) in [6.07, 6.45) is -0.306. The zero-order chi connectivity index (χ0) is 24.2. The number of carbonyl (C=O) groups is 4. The van der Waals surface area contributed by atoms with Crippen LogP contribution in [0.1, 0.15) is 5.82 Å². The van der Waals surface area contributed by atoms with Crippen LogP contribution >= 0.6 is 23.5 Å². The van der Waals surface area contributed by atoms with Crippen molar-refractivity contribution >= 4 is 47.3 Å². The van der Waals surface area contributed by atoms with Crippen molar-refractivity contribution in [1.29, 1.82) is 0 Å². The van der Waals surface area contributed by atoms with E-state index in [1.807, 2.05) is 6.07 Å². The maximum atomic E-state index is 12.7. The van der Waals surface area contributed by atoms with Crippen LogP contribution < -0.4 is 10.1 Å². The molecule has 0 spiro atoms. The molecule has 2 aromatic rings. The first-order chi connectivity index (χ1) is 16.3. The van der Waals surface area contributed by atoms with E-state index in [0.29, 0.717) is 17.1 Å². The number of amides is 2. The predicted molar refractivity (Wildman–Crippen MR) is 120 cm³/mol. The highest BCUT2D eigenvalue weighted by molar-refractivity contribution is 8.01. The van der Waals surface area contributed by atoms with Crippen LogP contribution in [0.2, 0.25) is 0 Å². The van der Waals surface area contributed by atoms with Gasteiger partial charge in [0.25, 0.3) is 11.8 Å². The van der Waals surface area contributed by atoms with Crippen molar-refractivity contribution in [3.63, 3.8) is 0 Å². The summed E-state index contributed by atoms with van der Waals surface area (Å²) >= 11 is 2.48. The number of β-lactam (4-membered cyclic amide) rings is 1. The monoisotopic (exact) mass is 505 g/mol. The minimum Gasteiger partial charge on any atom is -0.484 e. The lowest BCUT2D eigenvalue weighted by atomic mass is 10.0. The fourth-order valence-corrected chi connectivity index (χ4v) is 5.69. The lowest BCUT2D eigenvalue weighted by molar-refractivity contribution is -0.150. The van der Waals surface area contributed by atoms with E-state index in [1.54, 1.807) is 24.3 Å². The smallest absolute Gasteiger partial charge is 0.352 e. The Balaban J connectivity index is 1.37. The van der Waals surface area contributed by atoms with Crippen LogP contribution in [0.5, 0.6) is 5.75 Å². The van der Waals surface area contributed by atoms with Crippen LogP contribution in [0.15, 0.2) is 46.8 Å². The number of rotatable bonds is 10. The van der Waals surface area contributed by atoms with Gasteiger partial charge in [-0.15, -0.1) is 16.9 Å². The van der Waals surface area contributed by atoms with Gasteiger partial charge in [-0.2, -0.15) is 0 Å². The Hall–Kier alpha value is -3.52. The molecule has 2 atom stereocenters. The number of benzene rings is 1. The molecule has 1 saturated heterocycles. The summed E-state index contributed by atoms with van der Waals surface area (Å²) in [4.78, 5) is 52.9. The number of nitrogens with zero attached hydrogens (tertiary/aromatic N) is 3. The van der Waals surface area contributed by atoms with Crippen molar-refractivity contribution in [2.45, 2.75) is 23.0 Å². The number of ether oxygens (including phenoxy) is 1. The maximum absolute atomic E-state index is 12.7. The summed E-state index contributed by atoms with van der Waals surface area (Å²) in [6, 6.07) is 7.92. The summed E-state index contributed by atoms with van der Waals surface area (Å²) in [6.45, 7) is -0.269. The Labute approximate surface area is 201 Å². The highest BCUT2D eigenvalue weighted by Crippen LogP contribution is 2.41. The molecule has 0 aliphatic carbocycles. The van der Waals surface area contributed by atoms with Gasteiger partial charge in [0.05, 0.1) is 0 Å². The summed E-state index contributed by atoms with van der Waals surface area (Å²) in [7, 11) is 0. The molecule has 1 unspecified atom stereocenters. The molecular weight excluding hydrogens is 486 g/mol. The van der Waals surface area contributed by atoms with E-state index in [1.165, 1.54) is 16.7 Å². The quantitative estimate of drug-likeness (QED) is 0.259. The second-order valence-electron chi connectivity index (χ2n) is 7.24. The summed E-state index contributed by atoms with van der Waals surface area (Å²) in [5.41, 5.74) is 0.391. The zero-order valence-corrected chi connectivity index (χ0v) is 19.1. The Morgan fingerprint density at radius 1 is 1.26 bits per heavy atom. The van der Waals surface area contributed by atoms with Gasteiger partial charge >= 0.3 is 11.9 Å². The number of thioether (sulfide) groups is 2. The van der Waals surface area contributed by atoms with Crippen molar-refractivity contribution in [1.82, 2.24) is 25.4 Å². The van der Waals surface area contributed by atoms with Crippen LogP contribution in [0.3, 0.4) is 0 Å².